The fourth-order valence-electron chi connectivity index (χ4n) is 2.61. The Bertz CT molecular complexity index is 507. The molecule has 0 fully saturated rings. The number of nitrogens with one attached hydrogen (secondary N) is 2. The van der Waals surface area contributed by atoms with E-state index >= 15 is 0 Å². The van der Waals surface area contributed by atoms with Gasteiger partial charge in [-0.3, -0.25) is 10.1 Å². The van der Waals surface area contributed by atoms with Gasteiger partial charge in [0.2, 0.25) is 0 Å². The van der Waals surface area contributed by atoms with E-state index in [9.17, 15) is 9.59 Å². The van der Waals surface area contributed by atoms with E-state index in [1.54, 1.807) is 6.92 Å². The third kappa shape index (κ3) is 2.62. The van der Waals surface area contributed by atoms with E-state index in [1.807, 2.05) is 11.5 Å². The van der Waals surface area contributed by atoms with E-state index in [0.29, 0.717) is 0 Å². The maximum absolute atomic E-state index is 12.0. The summed E-state index contributed by atoms with van der Waals surface area (Å²) < 4.78 is 1.95. The van der Waals surface area contributed by atoms with Crippen LogP contribution in [0.2, 0.25) is 0 Å². The maximum atomic E-state index is 12.0. The number of aryl methyl sites for hydroxylation is 2. The molecule has 0 spiro atoms. The van der Waals surface area contributed by atoms with Crippen molar-refractivity contribution in [3.05, 3.63) is 17.2 Å². The molecule has 104 valence electrons. The summed E-state index contributed by atoms with van der Waals surface area (Å²) in [4.78, 5) is 27.8. The lowest BCUT2D eigenvalue weighted by Crippen LogP contribution is -2.41. The van der Waals surface area contributed by atoms with E-state index in [-0.39, 0.29) is 5.91 Å². The number of amides is 3. The lowest BCUT2D eigenvalue weighted by atomic mass is 10.0. The highest BCUT2D eigenvalue weighted by atomic mass is 16.2. The van der Waals surface area contributed by atoms with E-state index in [2.05, 4.69) is 15.6 Å². The molecule has 2 N–H and O–H groups in total. The summed E-state index contributed by atoms with van der Waals surface area (Å²) in [5.41, 5.74) is 2.24. The summed E-state index contributed by atoms with van der Waals surface area (Å²) in [6.45, 7) is 3.70. The highest BCUT2D eigenvalue weighted by molar-refractivity contribution is 5.96. The number of rotatable bonds is 2. The molecule has 1 aromatic heterocycles. The van der Waals surface area contributed by atoms with Gasteiger partial charge < -0.3 is 9.88 Å². The van der Waals surface area contributed by atoms with Crippen LogP contribution in [0.3, 0.4) is 0 Å². The van der Waals surface area contributed by atoms with Crippen LogP contribution in [-0.4, -0.2) is 28.5 Å². The largest absolute Gasteiger partial charge is 0.341 e. The SMILES string of the molecule is CNC(=O)NC(=O)C(C)n1c(C)nc2c1CCCC2. The van der Waals surface area contributed by atoms with Gasteiger partial charge in [-0.2, -0.15) is 0 Å². The van der Waals surface area contributed by atoms with Crippen LogP contribution in [0.25, 0.3) is 0 Å². The van der Waals surface area contributed by atoms with Crippen molar-refractivity contribution in [3.8, 4) is 0 Å². The van der Waals surface area contributed by atoms with Gasteiger partial charge in [0.15, 0.2) is 0 Å². The predicted octanol–water partition coefficient (Wildman–Crippen LogP) is 1.09. The second-order valence-electron chi connectivity index (χ2n) is 4.87. The molecule has 0 saturated heterocycles. The van der Waals surface area contributed by atoms with E-state index in [0.717, 1.165) is 42.9 Å². The maximum Gasteiger partial charge on any atom is 0.321 e. The zero-order chi connectivity index (χ0) is 14.0. The van der Waals surface area contributed by atoms with Crippen molar-refractivity contribution in [1.82, 2.24) is 20.2 Å². The van der Waals surface area contributed by atoms with Crippen LogP contribution in [0.15, 0.2) is 0 Å². The van der Waals surface area contributed by atoms with Crippen LogP contribution in [0.4, 0.5) is 4.79 Å². The van der Waals surface area contributed by atoms with Crippen molar-refractivity contribution in [2.24, 2.45) is 0 Å². The molecule has 0 radical (unpaired) electrons. The van der Waals surface area contributed by atoms with Crippen LogP contribution >= 0.6 is 0 Å². The standard InChI is InChI=1S/C13H20N4O2/c1-8(12(18)16-13(19)14-3)17-9(2)15-10-6-4-5-7-11(10)17/h8H,4-7H2,1-3H3,(H2,14,16,18,19). The molecule has 1 aliphatic rings. The van der Waals surface area contributed by atoms with Gasteiger partial charge >= 0.3 is 6.03 Å². The number of imide groups is 1. The molecule has 6 nitrogen and oxygen atoms in total. The average molecular weight is 264 g/mol. The van der Waals surface area contributed by atoms with Gasteiger partial charge in [0, 0.05) is 12.7 Å². The first-order valence-electron chi connectivity index (χ1n) is 6.63. The summed E-state index contributed by atoms with van der Waals surface area (Å²) in [6.07, 6.45) is 4.21. The van der Waals surface area contributed by atoms with Gasteiger partial charge in [-0.1, -0.05) is 0 Å². The Hall–Kier alpha value is -1.85. The van der Waals surface area contributed by atoms with Crippen LogP contribution in [0, 0.1) is 6.92 Å². The summed E-state index contributed by atoms with van der Waals surface area (Å²) >= 11 is 0. The number of fused-ring (bicyclic) bond motifs is 1. The topological polar surface area (TPSA) is 76.0 Å². The van der Waals surface area contributed by atoms with Crippen molar-refractivity contribution in [2.75, 3.05) is 7.05 Å². The van der Waals surface area contributed by atoms with Gasteiger partial charge in [-0.25, -0.2) is 9.78 Å². The number of hydrogen-bond donors (Lipinski definition) is 2. The van der Waals surface area contributed by atoms with Crippen molar-refractivity contribution >= 4 is 11.9 Å². The number of nitrogens with zero attached hydrogens (tertiary/aromatic N) is 2. The monoisotopic (exact) mass is 264 g/mol. The molecule has 0 aliphatic heterocycles. The molecule has 1 aromatic rings. The second kappa shape index (κ2) is 5.42. The minimum Gasteiger partial charge on any atom is -0.341 e. The van der Waals surface area contributed by atoms with Gasteiger partial charge in [-0.15, -0.1) is 0 Å². The Balaban J connectivity index is 2.23. The van der Waals surface area contributed by atoms with E-state index < -0.39 is 12.1 Å². The fourth-order valence-corrected chi connectivity index (χ4v) is 2.61. The Morgan fingerprint density at radius 3 is 2.68 bits per heavy atom. The third-order valence-corrected chi connectivity index (χ3v) is 3.58. The molecule has 1 atom stereocenters. The quantitative estimate of drug-likeness (QED) is 0.839. The lowest BCUT2D eigenvalue weighted by molar-refractivity contribution is -0.122. The Morgan fingerprint density at radius 1 is 1.32 bits per heavy atom. The number of urea groups is 1. The smallest absolute Gasteiger partial charge is 0.321 e. The lowest BCUT2D eigenvalue weighted by Gasteiger charge is -2.20. The number of imidazole rings is 1. The number of carbonyl (C=O) groups excluding carboxylic acids is 2. The van der Waals surface area contributed by atoms with Gasteiger partial charge in [0.25, 0.3) is 5.91 Å². The van der Waals surface area contributed by atoms with Crippen LogP contribution in [-0.2, 0) is 17.6 Å². The first-order chi connectivity index (χ1) is 9.04. The molecule has 0 saturated carbocycles. The summed E-state index contributed by atoms with van der Waals surface area (Å²) in [5, 5.41) is 4.69. The summed E-state index contributed by atoms with van der Waals surface area (Å²) in [6, 6.07) is -0.907. The normalized spacial score (nSPS) is 15.5. The highest BCUT2D eigenvalue weighted by Crippen LogP contribution is 2.25. The minimum absolute atomic E-state index is 0.312. The molecular formula is C13H20N4O2. The molecule has 6 heteroatoms. The number of aromatic nitrogens is 2. The molecular weight excluding hydrogens is 244 g/mol. The van der Waals surface area contributed by atoms with Crippen molar-refractivity contribution in [2.45, 2.75) is 45.6 Å². The molecule has 3 amide bonds. The fraction of sp³-hybridized carbons (Fsp3) is 0.615. The molecule has 1 heterocycles. The van der Waals surface area contributed by atoms with Crippen molar-refractivity contribution < 1.29 is 9.59 Å². The van der Waals surface area contributed by atoms with Crippen LogP contribution in [0.1, 0.15) is 43.0 Å². The molecule has 1 aliphatic carbocycles. The zero-order valence-electron chi connectivity index (χ0n) is 11.6. The first-order valence-corrected chi connectivity index (χ1v) is 6.63. The van der Waals surface area contributed by atoms with Crippen LogP contribution < -0.4 is 10.6 Å². The van der Waals surface area contributed by atoms with Gasteiger partial charge in [0.1, 0.15) is 11.9 Å². The Labute approximate surface area is 112 Å². The van der Waals surface area contributed by atoms with Gasteiger partial charge in [-0.05, 0) is 39.5 Å². The molecule has 2 rings (SSSR count). The Morgan fingerprint density at radius 2 is 2.00 bits per heavy atom. The highest BCUT2D eigenvalue weighted by Gasteiger charge is 2.25. The molecule has 1 unspecified atom stereocenters. The second-order valence-corrected chi connectivity index (χ2v) is 4.87. The summed E-state index contributed by atoms with van der Waals surface area (Å²) in [5.74, 6) is 0.527. The average Bonchev–Trinajstić information content (AvgIpc) is 2.73. The first kappa shape index (κ1) is 13.6. The van der Waals surface area contributed by atoms with Gasteiger partial charge in [0.05, 0.1) is 5.69 Å². The van der Waals surface area contributed by atoms with E-state index in [1.165, 1.54) is 7.05 Å². The summed E-state index contributed by atoms with van der Waals surface area (Å²) in [7, 11) is 1.48. The minimum atomic E-state index is -0.483. The molecule has 0 bridgehead atoms. The van der Waals surface area contributed by atoms with Crippen molar-refractivity contribution in [1.29, 1.82) is 0 Å². The zero-order valence-corrected chi connectivity index (χ0v) is 11.6. The molecule has 19 heavy (non-hydrogen) atoms. The van der Waals surface area contributed by atoms with E-state index in [4.69, 9.17) is 0 Å². The predicted molar refractivity (Wildman–Crippen MR) is 70.9 cm³/mol. The molecule has 0 aromatic carbocycles. The van der Waals surface area contributed by atoms with Crippen molar-refractivity contribution in [3.63, 3.8) is 0 Å². The Kier molecular flexibility index (Phi) is 3.87. The number of carbonyl (C=O) groups is 2. The third-order valence-electron chi connectivity index (χ3n) is 3.58. The van der Waals surface area contributed by atoms with Crippen LogP contribution in [0.5, 0.6) is 0 Å². The number of hydrogen-bond acceptors (Lipinski definition) is 3.